The SMILES string of the molecule is Fc1ccc(C(Cl)c2ccc3c(c2)CCCC3)c(Cl)c1. The summed E-state index contributed by atoms with van der Waals surface area (Å²) in [6, 6.07) is 10.8. The first kappa shape index (κ1) is 13.9. The third kappa shape index (κ3) is 2.70. The van der Waals surface area contributed by atoms with Crippen molar-refractivity contribution in [3.63, 3.8) is 0 Å². The Morgan fingerprint density at radius 1 is 0.950 bits per heavy atom. The number of aryl methyl sites for hydroxylation is 2. The molecular formula is C17H15Cl2F. The third-order valence-corrected chi connectivity index (χ3v) is 4.72. The number of fused-ring (bicyclic) bond motifs is 1. The predicted molar refractivity (Wildman–Crippen MR) is 82.2 cm³/mol. The molecule has 1 aliphatic carbocycles. The van der Waals surface area contributed by atoms with E-state index in [9.17, 15) is 4.39 Å². The molecule has 0 bridgehead atoms. The Morgan fingerprint density at radius 2 is 1.70 bits per heavy atom. The van der Waals surface area contributed by atoms with Gasteiger partial charge in [-0.25, -0.2) is 4.39 Å². The molecule has 2 aromatic carbocycles. The second-order valence-corrected chi connectivity index (χ2v) is 6.11. The highest BCUT2D eigenvalue weighted by Gasteiger charge is 2.17. The van der Waals surface area contributed by atoms with Gasteiger partial charge in [0.05, 0.1) is 5.38 Å². The zero-order valence-corrected chi connectivity index (χ0v) is 12.5. The molecule has 0 fully saturated rings. The van der Waals surface area contributed by atoms with Crippen molar-refractivity contribution < 1.29 is 4.39 Å². The van der Waals surface area contributed by atoms with Gasteiger partial charge >= 0.3 is 0 Å². The van der Waals surface area contributed by atoms with Crippen LogP contribution in [0.1, 0.15) is 40.5 Å². The molecule has 1 aliphatic rings. The summed E-state index contributed by atoms with van der Waals surface area (Å²) in [5.41, 5.74) is 4.60. The minimum absolute atomic E-state index is 0.338. The van der Waals surface area contributed by atoms with Crippen LogP contribution in [0.3, 0.4) is 0 Å². The molecule has 0 aliphatic heterocycles. The quantitative estimate of drug-likeness (QED) is 0.625. The fourth-order valence-electron chi connectivity index (χ4n) is 2.80. The molecule has 0 saturated heterocycles. The van der Waals surface area contributed by atoms with Gasteiger partial charge in [-0.15, -0.1) is 11.6 Å². The van der Waals surface area contributed by atoms with Crippen LogP contribution in [-0.4, -0.2) is 0 Å². The van der Waals surface area contributed by atoms with Gasteiger partial charge in [0.1, 0.15) is 5.82 Å². The van der Waals surface area contributed by atoms with Crippen LogP contribution in [0.25, 0.3) is 0 Å². The van der Waals surface area contributed by atoms with E-state index in [1.807, 2.05) is 0 Å². The van der Waals surface area contributed by atoms with E-state index in [-0.39, 0.29) is 11.2 Å². The van der Waals surface area contributed by atoms with Gasteiger partial charge in [0, 0.05) is 5.02 Å². The Bertz CT molecular complexity index is 637. The van der Waals surface area contributed by atoms with Gasteiger partial charge in [0.25, 0.3) is 0 Å². The fourth-order valence-corrected chi connectivity index (χ4v) is 3.46. The normalized spacial score (nSPS) is 15.8. The molecule has 1 atom stereocenters. The average molecular weight is 309 g/mol. The number of halogens is 3. The lowest BCUT2D eigenvalue weighted by Gasteiger charge is -2.19. The number of hydrogen-bond donors (Lipinski definition) is 0. The topological polar surface area (TPSA) is 0 Å². The molecule has 1 unspecified atom stereocenters. The summed E-state index contributed by atoms with van der Waals surface area (Å²) in [5, 5.41) is 0.0399. The molecule has 20 heavy (non-hydrogen) atoms. The standard InChI is InChI=1S/C17H15Cl2F/c18-16-10-14(20)7-8-15(16)17(19)13-6-5-11-3-1-2-4-12(11)9-13/h5-10,17H,1-4H2. The molecule has 0 spiro atoms. The smallest absolute Gasteiger partial charge is 0.124 e. The second kappa shape index (κ2) is 5.75. The molecule has 0 nitrogen and oxygen atoms in total. The highest BCUT2D eigenvalue weighted by atomic mass is 35.5. The van der Waals surface area contributed by atoms with Gasteiger partial charge in [0.15, 0.2) is 0 Å². The lowest BCUT2D eigenvalue weighted by Crippen LogP contribution is -2.04. The van der Waals surface area contributed by atoms with Gasteiger partial charge in [-0.3, -0.25) is 0 Å². The van der Waals surface area contributed by atoms with Crippen molar-refractivity contribution in [2.75, 3.05) is 0 Å². The first-order valence-electron chi connectivity index (χ1n) is 6.86. The zero-order valence-electron chi connectivity index (χ0n) is 11.0. The van der Waals surface area contributed by atoms with E-state index >= 15 is 0 Å². The summed E-state index contributed by atoms with van der Waals surface area (Å²) in [4.78, 5) is 0. The first-order valence-corrected chi connectivity index (χ1v) is 7.67. The van der Waals surface area contributed by atoms with Crippen molar-refractivity contribution in [2.24, 2.45) is 0 Å². The average Bonchev–Trinajstić information content (AvgIpc) is 2.46. The van der Waals surface area contributed by atoms with E-state index in [2.05, 4.69) is 18.2 Å². The maximum absolute atomic E-state index is 13.1. The summed E-state index contributed by atoms with van der Waals surface area (Å²) in [6.45, 7) is 0. The Hall–Kier alpha value is -1.05. The van der Waals surface area contributed by atoms with Crippen LogP contribution in [0.15, 0.2) is 36.4 Å². The minimum atomic E-state index is -0.340. The van der Waals surface area contributed by atoms with Crippen LogP contribution in [-0.2, 0) is 12.8 Å². The fraction of sp³-hybridized carbons (Fsp3) is 0.294. The van der Waals surface area contributed by atoms with E-state index < -0.39 is 0 Å². The van der Waals surface area contributed by atoms with Crippen LogP contribution in [0, 0.1) is 5.82 Å². The van der Waals surface area contributed by atoms with E-state index in [4.69, 9.17) is 23.2 Å². The third-order valence-electron chi connectivity index (χ3n) is 3.90. The molecule has 3 rings (SSSR count). The van der Waals surface area contributed by atoms with Crippen LogP contribution in [0.2, 0.25) is 5.02 Å². The van der Waals surface area contributed by atoms with Gasteiger partial charge < -0.3 is 0 Å². The Labute approximate surface area is 128 Å². The van der Waals surface area contributed by atoms with Gasteiger partial charge in [-0.2, -0.15) is 0 Å². The molecule has 0 saturated carbocycles. The summed E-state index contributed by atoms with van der Waals surface area (Å²) in [7, 11) is 0. The number of rotatable bonds is 2. The van der Waals surface area contributed by atoms with Crippen molar-refractivity contribution in [3.05, 3.63) is 69.5 Å². The molecule has 3 heteroatoms. The van der Waals surface area contributed by atoms with Crippen molar-refractivity contribution in [1.29, 1.82) is 0 Å². The molecule has 0 heterocycles. The first-order chi connectivity index (χ1) is 9.65. The maximum Gasteiger partial charge on any atom is 0.124 e. The molecule has 0 amide bonds. The predicted octanol–water partition coefficient (Wildman–Crippen LogP) is 5.69. The van der Waals surface area contributed by atoms with Crippen molar-refractivity contribution in [3.8, 4) is 0 Å². The highest BCUT2D eigenvalue weighted by Crippen LogP contribution is 2.35. The van der Waals surface area contributed by atoms with E-state index in [1.54, 1.807) is 6.07 Å². The second-order valence-electron chi connectivity index (χ2n) is 5.26. The molecule has 104 valence electrons. The molecular weight excluding hydrogens is 294 g/mol. The minimum Gasteiger partial charge on any atom is -0.207 e. The zero-order chi connectivity index (χ0) is 14.1. The Morgan fingerprint density at radius 3 is 2.45 bits per heavy atom. The highest BCUT2D eigenvalue weighted by molar-refractivity contribution is 6.33. The summed E-state index contributed by atoms with van der Waals surface area (Å²) in [6.07, 6.45) is 4.77. The van der Waals surface area contributed by atoms with Crippen LogP contribution >= 0.6 is 23.2 Å². The summed E-state index contributed by atoms with van der Waals surface area (Å²) >= 11 is 12.6. The number of alkyl halides is 1. The lowest BCUT2D eigenvalue weighted by molar-refractivity contribution is 0.627. The van der Waals surface area contributed by atoms with Crippen molar-refractivity contribution >= 4 is 23.2 Å². The largest absolute Gasteiger partial charge is 0.207 e. The number of hydrogen-bond acceptors (Lipinski definition) is 0. The van der Waals surface area contributed by atoms with Crippen LogP contribution < -0.4 is 0 Å². The molecule has 0 radical (unpaired) electrons. The van der Waals surface area contributed by atoms with Gasteiger partial charge in [0.2, 0.25) is 0 Å². The Kier molecular flexibility index (Phi) is 4.00. The van der Waals surface area contributed by atoms with Crippen LogP contribution in [0.5, 0.6) is 0 Å². The van der Waals surface area contributed by atoms with E-state index in [0.29, 0.717) is 5.02 Å². The van der Waals surface area contributed by atoms with Gasteiger partial charge in [-0.1, -0.05) is 35.9 Å². The molecule has 0 N–H and O–H groups in total. The summed E-state index contributed by atoms with van der Waals surface area (Å²) < 4.78 is 13.1. The van der Waals surface area contributed by atoms with Crippen molar-refractivity contribution in [2.45, 2.75) is 31.1 Å². The lowest BCUT2D eigenvalue weighted by atomic mass is 9.89. The van der Waals surface area contributed by atoms with Gasteiger partial charge in [-0.05, 0) is 60.1 Å². The monoisotopic (exact) mass is 308 g/mol. The van der Waals surface area contributed by atoms with E-state index in [1.165, 1.54) is 36.1 Å². The number of benzene rings is 2. The summed E-state index contributed by atoms with van der Waals surface area (Å²) in [5.74, 6) is -0.340. The van der Waals surface area contributed by atoms with Crippen molar-refractivity contribution in [1.82, 2.24) is 0 Å². The van der Waals surface area contributed by atoms with E-state index in [0.717, 1.165) is 24.0 Å². The molecule has 0 aromatic heterocycles. The maximum atomic E-state index is 13.1. The molecule has 2 aromatic rings. The Balaban J connectivity index is 1.95. The van der Waals surface area contributed by atoms with Crippen LogP contribution in [0.4, 0.5) is 4.39 Å².